The van der Waals surface area contributed by atoms with Crippen molar-refractivity contribution in [1.29, 1.82) is 0 Å². The van der Waals surface area contributed by atoms with Gasteiger partial charge in [-0.1, -0.05) is 42.0 Å². The van der Waals surface area contributed by atoms with Gasteiger partial charge in [-0.15, -0.1) is 0 Å². The molecular weight excluding hydrogens is 274 g/mol. The number of rotatable bonds is 4. The van der Waals surface area contributed by atoms with Crippen LogP contribution in [0.2, 0.25) is 0 Å². The molecule has 2 bridgehead atoms. The van der Waals surface area contributed by atoms with E-state index in [4.69, 9.17) is 4.74 Å². The number of piperidine rings is 1. The minimum Gasteiger partial charge on any atom is -0.466 e. The van der Waals surface area contributed by atoms with Crippen LogP contribution in [-0.4, -0.2) is 29.6 Å². The van der Waals surface area contributed by atoms with Crippen molar-refractivity contribution < 1.29 is 9.53 Å². The number of fused-ring (bicyclic) bond motifs is 2. The number of esters is 1. The summed E-state index contributed by atoms with van der Waals surface area (Å²) in [7, 11) is 0. The van der Waals surface area contributed by atoms with Gasteiger partial charge >= 0.3 is 5.97 Å². The van der Waals surface area contributed by atoms with Crippen LogP contribution in [0.5, 0.6) is 0 Å². The Balaban J connectivity index is 1.85. The molecule has 3 aliphatic rings. The van der Waals surface area contributed by atoms with Crippen molar-refractivity contribution in [3.63, 3.8) is 0 Å². The Kier molecular flexibility index (Phi) is 4.34. The minimum absolute atomic E-state index is 0.0198. The van der Waals surface area contributed by atoms with E-state index in [-0.39, 0.29) is 17.9 Å². The highest BCUT2D eigenvalue weighted by molar-refractivity contribution is 5.74. The van der Waals surface area contributed by atoms with Crippen molar-refractivity contribution in [2.45, 2.75) is 45.8 Å². The van der Waals surface area contributed by atoms with Crippen LogP contribution in [0, 0.1) is 11.8 Å². The summed E-state index contributed by atoms with van der Waals surface area (Å²) in [6, 6.07) is 11.1. The quantitative estimate of drug-likeness (QED) is 0.630. The molecule has 3 heteroatoms. The van der Waals surface area contributed by atoms with Crippen LogP contribution in [0.15, 0.2) is 42.0 Å². The van der Waals surface area contributed by atoms with Crippen LogP contribution in [0.4, 0.5) is 0 Å². The van der Waals surface area contributed by atoms with Crippen LogP contribution < -0.4 is 0 Å². The lowest BCUT2D eigenvalue weighted by Crippen LogP contribution is -2.58. The lowest BCUT2D eigenvalue weighted by Gasteiger charge is -2.52. The topological polar surface area (TPSA) is 29.5 Å². The summed E-state index contributed by atoms with van der Waals surface area (Å²) in [6.45, 7) is 7.73. The smallest absolute Gasteiger partial charge is 0.310 e. The molecule has 1 aliphatic carbocycles. The fourth-order valence-electron chi connectivity index (χ4n) is 4.04. The third-order valence-corrected chi connectivity index (χ3v) is 5.22. The van der Waals surface area contributed by atoms with Gasteiger partial charge in [0, 0.05) is 18.6 Å². The lowest BCUT2D eigenvalue weighted by molar-refractivity contribution is -0.154. The minimum atomic E-state index is -0.0359. The number of carbonyl (C=O) groups excluding carboxylic acids is 1. The van der Waals surface area contributed by atoms with Gasteiger partial charge in [0.25, 0.3) is 0 Å². The Labute approximate surface area is 133 Å². The van der Waals surface area contributed by atoms with E-state index in [2.05, 4.69) is 49.1 Å². The molecule has 118 valence electrons. The van der Waals surface area contributed by atoms with E-state index >= 15 is 0 Å². The zero-order chi connectivity index (χ0) is 15.7. The molecule has 4 atom stereocenters. The van der Waals surface area contributed by atoms with Gasteiger partial charge in [0.15, 0.2) is 0 Å². The highest BCUT2D eigenvalue weighted by Crippen LogP contribution is 2.43. The number of carbonyl (C=O) groups is 1. The van der Waals surface area contributed by atoms with Crippen molar-refractivity contribution >= 4 is 5.97 Å². The summed E-state index contributed by atoms with van der Waals surface area (Å²) in [4.78, 5) is 14.8. The first-order valence-electron chi connectivity index (χ1n) is 8.26. The van der Waals surface area contributed by atoms with E-state index in [1.807, 2.05) is 13.0 Å². The number of nitrogens with zero attached hydrogens (tertiary/aromatic N) is 1. The lowest BCUT2D eigenvalue weighted by atomic mass is 9.70. The van der Waals surface area contributed by atoms with E-state index in [0.717, 1.165) is 13.0 Å². The van der Waals surface area contributed by atoms with Crippen molar-refractivity contribution in [3.05, 3.63) is 47.5 Å². The summed E-state index contributed by atoms with van der Waals surface area (Å²) in [6.07, 6.45) is 3.22. The Morgan fingerprint density at radius 2 is 2.05 bits per heavy atom. The second kappa shape index (κ2) is 6.25. The van der Waals surface area contributed by atoms with Gasteiger partial charge in [-0.2, -0.15) is 0 Å². The van der Waals surface area contributed by atoms with Crippen molar-refractivity contribution in [3.8, 4) is 0 Å². The SMILES string of the molecule is CCOC(=O)C1CC2C(C)=CC1N(Cc1ccccc1)C2C. The summed E-state index contributed by atoms with van der Waals surface area (Å²) >= 11 is 0. The van der Waals surface area contributed by atoms with Crippen LogP contribution in [0.1, 0.15) is 32.8 Å². The largest absolute Gasteiger partial charge is 0.466 e. The summed E-state index contributed by atoms with van der Waals surface area (Å²) in [5, 5.41) is 0. The zero-order valence-electron chi connectivity index (χ0n) is 13.7. The molecule has 2 aliphatic heterocycles. The molecule has 4 unspecified atom stereocenters. The Hall–Kier alpha value is -1.61. The number of hydrogen-bond donors (Lipinski definition) is 0. The maximum Gasteiger partial charge on any atom is 0.310 e. The first-order chi connectivity index (χ1) is 10.6. The second-order valence-electron chi connectivity index (χ2n) is 6.50. The maximum absolute atomic E-state index is 12.3. The Bertz CT molecular complexity index is 566. The summed E-state index contributed by atoms with van der Waals surface area (Å²) < 4.78 is 5.31. The van der Waals surface area contributed by atoms with Gasteiger partial charge in [-0.25, -0.2) is 0 Å². The molecule has 0 spiro atoms. The van der Waals surface area contributed by atoms with Crippen molar-refractivity contribution in [1.82, 2.24) is 4.90 Å². The third-order valence-electron chi connectivity index (χ3n) is 5.22. The van der Waals surface area contributed by atoms with Gasteiger partial charge in [-0.05, 0) is 38.7 Å². The maximum atomic E-state index is 12.3. The molecule has 0 aromatic heterocycles. The molecule has 1 fully saturated rings. The third kappa shape index (κ3) is 2.70. The van der Waals surface area contributed by atoms with Crippen molar-refractivity contribution in [2.75, 3.05) is 6.61 Å². The number of benzene rings is 1. The van der Waals surface area contributed by atoms with E-state index < -0.39 is 0 Å². The molecule has 0 amide bonds. The standard InChI is InChI=1S/C19H25NO2/c1-4-22-19(21)17-11-16-13(2)10-18(17)20(14(16)3)12-15-8-6-5-7-9-15/h5-10,14,16-18H,4,11-12H2,1-3H3. The molecule has 4 rings (SSSR count). The predicted molar refractivity (Wildman–Crippen MR) is 87.2 cm³/mol. The fraction of sp³-hybridized carbons (Fsp3) is 0.526. The molecule has 1 aromatic carbocycles. The van der Waals surface area contributed by atoms with Crippen LogP contribution in [0.25, 0.3) is 0 Å². The number of ether oxygens (including phenoxy) is 1. The average molecular weight is 299 g/mol. The van der Waals surface area contributed by atoms with E-state index in [0.29, 0.717) is 18.6 Å². The summed E-state index contributed by atoms with van der Waals surface area (Å²) in [5.74, 6) is 0.405. The van der Waals surface area contributed by atoms with E-state index in [1.165, 1.54) is 11.1 Å². The Morgan fingerprint density at radius 3 is 2.73 bits per heavy atom. The van der Waals surface area contributed by atoms with Crippen LogP contribution >= 0.6 is 0 Å². The molecule has 1 aromatic rings. The van der Waals surface area contributed by atoms with Gasteiger partial charge in [-0.3, -0.25) is 9.69 Å². The summed E-state index contributed by atoms with van der Waals surface area (Å²) in [5.41, 5.74) is 2.73. The van der Waals surface area contributed by atoms with Crippen LogP contribution in [-0.2, 0) is 16.1 Å². The van der Waals surface area contributed by atoms with Gasteiger partial charge in [0.1, 0.15) is 0 Å². The molecular formula is C19H25NO2. The normalized spacial score (nSPS) is 31.0. The van der Waals surface area contributed by atoms with Crippen LogP contribution in [0.3, 0.4) is 0 Å². The molecule has 0 N–H and O–H groups in total. The van der Waals surface area contributed by atoms with E-state index in [1.54, 1.807) is 0 Å². The van der Waals surface area contributed by atoms with E-state index in [9.17, 15) is 4.79 Å². The van der Waals surface area contributed by atoms with Crippen molar-refractivity contribution in [2.24, 2.45) is 11.8 Å². The Morgan fingerprint density at radius 1 is 1.32 bits per heavy atom. The van der Waals surface area contributed by atoms with Gasteiger partial charge in [0.05, 0.1) is 12.5 Å². The highest BCUT2D eigenvalue weighted by atomic mass is 16.5. The zero-order valence-corrected chi connectivity index (χ0v) is 13.7. The first kappa shape index (κ1) is 15.3. The molecule has 0 radical (unpaired) electrons. The van der Waals surface area contributed by atoms with Gasteiger partial charge < -0.3 is 4.74 Å². The molecule has 1 saturated heterocycles. The second-order valence-corrected chi connectivity index (χ2v) is 6.50. The highest BCUT2D eigenvalue weighted by Gasteiger charge is 2.47. The molecule has 2 heterocycles. The van der Waals surface area contributed by atoms with Gasteiger partial charge in [0.2, 0.25) is 0 Å². The average Bonchev–Trinajstić information content (AvgIpc) is 2.52. The molecule has 3 nitrogen and oxygen atoms in total. The monoisotopic (exact) mass is 299 g/mol. The predicted octanol–water partition coefficient (Wildman–Crippen LogP) is 3.40. The molecule has 0 saturated carbocycles. The first-order valence-corrected chi connectivity index (χ1v) is 8.26. The fourth-order valence-corrected chi connectivity index (χ4v) is 4.04. The molecule has 22 heavy (non-hydrogen) atoms. The number of hydrogen-bond acceptors (Lipinski definition) is 3.